The Kier molecular flexibility index (Phi) is 6.34. The van der Waals surface area contributed by atoms with E-state index in [1.165, 1.54) is 5.56 Å². The summed E-state index contributed by atoms with van der Waals surface area (Å²) >= 11 is 0. The zero-order valence-electron chi connectivity index (χ0n) is 16.1. The number of nitrogens with zero attached hydrogens (tertiary/aromatic N) is 2. The zero-order valence-corrected chi connectivity index (χ0v) is 16.1. The Labute approximate surface area is 160 Å². The molecule has 2 N–H and O–H groups in total. The van der Waals surface area contributed by atoms with Gasteiger partial charge in [0.2, 0.25) is 5.91 Å². The van der Waals surface area contributed by atoms with Crippen LogP contribution in [0.2, 0.25) is 0 Å². The van der Waals surface area contributed by atoms with E-state index in [0.717, 1.165) is 6.42 Å². The van der Waals surface area contributed by atoms with E-state index in [2.05, 4.69) is 12.2 Å². The van der Waals surface area contributed by atoms with Gasteiger partial charge in [0, 0.05) is 32.7 Å². The van der Waals surface area contributed by atoms with Gasteiger partial charge in [-0.25, -0.2) is 0 Å². The van der Waals surface area contributed by atoms with Crippen LogP contribution in [0.1, 0.15) is 25.8 Å². The maximum absolute atomic E-state index is 12.7. The number of rotatable bonds is 5. The first-order chi connectivity index (χ1) is 13.0. The highest BCUT2D eigenvalue weighted by Crippen LogP contribution is 2.16. The molecule has 1 aromatic carbocycles. The molecule has 3 unspecified atom stereocenters. The van der Waals surface area contributed by atoms with Crippen molar-refractivity contribution in [3.63, 3.8) is 0 Å². The summed E-state index contributed by atoms with van der Waals surface area (Å²) in [6, 6.07) is 7.48. The molecular weight excluding hydrogens is 346 g/mol. The highest BCUT2D eigenvalue weighted by molar-refractivity contribution is 5.84. The van der Waals surface area contributed by atoms with Crippen LogP contribution in [0, 0.1) is 0 Å². The van der Waals surface area contributed by atoms with Crippen molar-refractivity contribution in [1.29, 1.82) is 0 Å². The number of β-amino-alcohol motifs (C(OH)–C–C–N with tert-alkyl or cyclic N) is 1. The van der Waals surface area contributed by atoms with Gasteiger partial charge in [0.15, 0.2) is 6.10 Å². The molecule has 3 atom stereocenters. The summed E-state index contributed by atoms with van der Waals surface area (Å²) in [5, 5.41) is 12.6. The Bertz CT molecular complexity index is 656. The fourth-order valence-electron chi connectivity index (χ4n) is 3.59. The summed E-state index contributed by atoms with van der Waals surface area (Å²) in [5.41, 5.74) is 1.23. The molecule has 0 saturated carbocycles. The third-order valence-corrected chi connectivity index (χ3v) is 5.30. The molecule has 0 spiro atoms. The highest BCUT2D eigenvalue weighted by atomic mass is 16.5. The predicted molar refractivity (Wildman–Crippen MR) is 101 cm³/mol. The van der Waals surface area contributed by atoms with E-state index in [4.69, 9.17) is 4.74 Å². The number of carbonyl (C=O) groups is 2. The van der Waals surface area contributed by atoms with Crippen LogP contribution in [0.25, 0.3) is 0 Å². The maximum Gasteiger partial charge on any atom is 0.263 e. The molecule has 2 heterocycles. The predicted octanol–water partition coefficient (Wildman–Crippen LogP) is 0.410. The van der Waals surface area contributed by atoms with E-state index in [9.17, 15) is 14.7 Å². The number of aliphatic hydroxyl groups excluding tert-OH is 1. The van der Waals surface area contributed by atoms with Gasteiger partial charge in [-0.3, -0.25) is 9.59 Å². The number of piperazine rings is 1. The van der Waals surface area contributed by atoms with E-state index in [0.29, 0.717) is 44.9 Å². The van der Waals surface area contributed by atoms with Gasteiger partial charge < -0.3 is 25.0 Å². The molecule has 0 aliphatic carbocycles. The monoisotopic (exact) mass is 375 g/mol. The number of aryl methyl sites for hydroxylation is 1. The van der Waals surface area contributed by atoms with Crippen LogP contribution in [-0.4, -0.2) is 77.7 Å². The van der Waals surface area contributed by atoms with E-state index in [1.54, 1.807) is 16.7 Å². The normalized spacial score (nSPS) is 24.0. The van der Waals surface area contributed by atoms with Crippen molar-refractivity contribution in [2.45, 2.75) is 44.9 Å². The number of amides is 2. The summed E-state index contributed by atoms with van der Waals surface area (Å²) in [4.78, 5) is 28.7. The van der Waals surface area contributed by atoms with Gasteiger partial charge in [0.05, 0.1) is 12.1 Å². The number of ether oxygens (including phenoxy) is 1. The van der Waals surface area contributed by atoms with Crippen LogP contribution in [0.5, 0.6) is 5.75 Å². The van der Waals surface area contributed by atoms with Crippen LogP contribution in [0.3, 0.4) is 0 Å². The molecule has 3 rings (SSSR count). The lowest BCUT2D eigenvalue weighted by atomic mass is 10.1. The van der Waals surface area contributed by atoms with Gasteiger partial charge in [-0.1, -0.05) is 19.1 Å². The fourth-order valence-corrected chi connectivity index (χ4v) is 3.59. The number of benzene rings is 1. The second-order valence-electron chi connectivity index (χ2n) is 7.26. The van der Waals surface area contributed by atoms with Crippen molar-refractivity contribution in [2.75, 3.05) is 32.7 Å². The molecule has 2 saturated heterocycles. The number of hydrogen-bond acceptors (Lipinski definition) is 5. The summed E-state index contributed by atoms with van der Waals surface area (Å²) in [6.45, 7) is 6.34. The Hall–Kier alpha value is -2.12. The molecule has 2 aliphatic rings. The van der Waals surface area contributed by atoms with Crippen molar-refractivity contribution in [3.05, 3.63) is 29.8 Å². The average Bonchev–Trinajstić information content (AvgIpc) is 3.14. The standard InChI is InChI=1S/C20H29N3O4/c1-3-15-4-6-17(7-5-15)27-14(2)19(25)22-8-10-23(11-9-22)20(26)18-12-16(24)13-21-18/h4-7,14,16,18,21,24H,3,8-13H2,1-2H3. The van der Waals surface area contributed by atoms with Crippen molar-refractivity contribution in [1.82, 2.24) is 15.1 Å². The lowest BCUT2D eigenvalue weighted by Crippen LogP contribution is -2.55. The molecule has 2 fully saturated rings. The van der Waals surface area contributed by atoms with E-state index >= 15 is 0 Å². The van der Waals surface area contributed by atoms with Gasteiger partial charge in [-0.15, -0.1) is 0 Å². The van der Waals surface area contributed by atoms with Gasteiger partial charge in [-0.05, 0) is 37.5 Å². The smallest absolute Gasteiger partial charge is 0.263 e. The van der Waals surface area contributed by atoms with E-state index in [1.807, 2.05) is 24.3 Å². The summed E-state index contributed by atoms with van der Waals surface area (Å²) in [5.74, 6) is 0.641. The molecule has 0 aromatic heterocycles. The van der Waals surface area contributed by atoms with Gasteiger partial charge in [0.25, 0.3) is 5.91 Å². The minimum Gasteiger partial charge on any atom is -0.481 e. The number of hydrogen-bond donors (Lipinski definition) is 2. The van der Waals surface area contributed by atoms with E-state index in [-0.39, 0.29) is 17.9 Å². The summed E-state index contributed by atoms with van der Waals surface area (Å²) in [7, 11) is 0. The Morgan fingerprint density at radius 1 is 1.19 bits per heavy atom. The molecule has 0 bridgehead atoms. The molecule has 27 heavy (non-hydrogen) atoms. The Morgan fingerprint density at radius 2 is 1.81 bits per heavy atom. The second kappa shape index (κ2) is 8.71. The van der Waals surface area contributed by atoms with Crippen LogP contribution < -0.4 is 10.1 Å². The van der Waals surface area contributed by atoms with Gasteiger partial charge >= 0.3 is 0 Å². The first-order valence-electron chi connectivity index (χ1n) is 9.72. The highest BCUT2D eigenvalue weighted by Gasteiger charge is 2.34. The first-order valence-corrected chi connectivity index (χ1v) is 9.72. The minimum atomic E-state index is -0.564. The molecular formula is C20H29N3O4. The largest absolute Gasteiger partial charge is 0.481 e. The van der Waals surface area contributed by atoms with Crippen LogP contribution in [0.4, 0.5) is 0 Å². The van der Waals surface area contributed by atoms with Gasteiger partial charge in [0.1, 0.15) is 5.75 Å². The van der Waals surface area contributed by atoms with Crippen LogP contribution in [-0.2, 0) is 16.0 Å². The molecule has 0 radical (unpaired) electrons. The minimum absolute atomic E-state index is 0.0129. The number of carbonyl (C=O) groups excluding carboxylic acids is 2. The van der Waals surface area contributed by atoms with Crippen molar-refractivity contribution in [2.24, 2.45) is 0 Å². The maximum atomic E-state index is 12.7. The number of aliphatic hydroxyl groups is 1. The molecule has 2 aliphatic heterocycles. The fraction of sp³-hybridized carbons (Fsp3) is 0.600. The van der Waals surface area contributed by atoms with Crippen molar-refractivity contribution in [3.8, 4) is 5.75 Å². The molecule has 7 nitrogen and oxygen atoms in total. The summed E-state index contributed by atoms with van der Waals surface area (Å²) < 4.78 is 5.79. The Balaban J connectivity index is 1.47. The Morgan fingerprint density at radius 3 is 2.37 bits per heavy atom. The zero-order chi connectivity index (χ0) is 19.4. The van der Waals surface area contributed by atoms with Crippen LogP contribution >= 0.6 is 0 Å². The molecule has 2 amide bonds. The SMILES string of the molecule is CCc1ccc(OC(C)C(=O)N2CCN(C(=O)C3CC(O)CN3)CC2)cc1. The molecule has 7 heteroatoms. The third kappa shape index (κ3) is 4.78. The topological polar surface area (TPSA) is 82.1 Å². The second-order valence-corrected chi connectivity index (χ2v) is 7.26. The third-order valence-electron chi connectivity index (χ3n) is 5.30. The van der Waals surface area contributed by atoms with Crippen molar-refractivity contribution >= 4 is 11.8 Å². The number of nitrogens with one attached hydrogen (secondary N) is 1. The van der Waals surface area contributed by atoms with E-state index < -0.39 is 12.2 Å². The van der Waals surface area contributed by atoms with Crippen molar-refractivity contribution < 1.29 is 19.4 Å². The lowest BCUT2D eigenvalue weighted by molar-refractivity contribution is -0.144. The van der Waals surface area contributed by atoms with Gasteiger partial charge in [-0.2, -0.15) is 0 Å². The quantitative estimate of drug-likeness (QED) is 0.779. The molecule has 148 valence electrons. The average molecular weight is 375 g/mol. The molecule has 1 aromatic rings. The van der Waals surface area contributed by atoms with Crippen LogP contribution in [0.15, 0.2) is 24.3 Å². The lowest BCUT2D eigenvalue weighted by Gasteiger charge is -2.36. The first kappa shape index (κ1) is 19.6. The summed E-state index contributed by atoms with van der Waals surface area (Å²) in [6.07, 6.45) is 0.407.